The van der Waals surface area contributed by atoms with Crippen molar-refractivity contribution < 1.29 is 0 Å². The van der Waals surface area contributed by atoms with E-state index in [1.54, 1.807) is 0 Å². The number of hydrogen-bond acceptors (Lipinski definition) is 2. The fourth-order valence-electron chi connectivity index (χ4n) is 2.35. The van der Waals surface area contributed by atoms with E-state index in [-0.39, 0.29) is 5.54 Å². The molecule has 2 nitrogen and oxygen atoms in total. The minimum absolute atomic E-state index is 0.244. The zero-order valence-corrected chi connectivity index (χ0v) is 11.0. The number of nitrogens with two attached hydrogens (primary N) is 1. The van der Waals surface area contributed by atoms with Crippen LogP contribution < -0.4 is 5.73 Å². The van der Waals surface area contributed by atoms with Crippen LogP contribution in [0, 0.1) is 5.92 Å². The minimum Gasteiger partial charge on any atom is -0.321 e. The van der Waals surface area contributed by atoms with Crippen LogP contribution in [-0.4, -0.2) is 24.5 Å². The summed E-state index contributed by atoms with van der Waals surface area (Å²) in [6, 6.07) is 10.4. The summed E-state index contributed by atoms with van der Waals surface area (Å²) in [5, 5.41) is 0. The standard InChI is InChI=1S/C15H24N2/c1-3-17(11-13-9-10-13)12-15(2,16)14-7-5-4-6-8-14/h4-8,13H,3,9-12,16H2,1-2H3. The summed E-state index contributed by atoms with van der Waals surface area (Å²) in [6.45, 7) is 7.62. The molecule has 1 fully saturated rings. The van der Waals surface area contributed by atoms with E-state index in [2.05, 4.69) is 43.0 Å². The summed E-state index contributed by atoms with van der Waals surface area (Å²) in [5.41, 5.74) is 7.46. The summed E-state index contributed by atoms with van der Waals surface area (Å²) < 4.78 is 0. The monoisotopic (exact) mass is 232 g/mol. The third kappa shape index (κ3) is 3.55. The van der Waals surface area contributed by atoms with Crippen molar-refractivity contribution in [2.24, 2.45) is 11.7 Å². The molecule has 0 aromatic heterocycles. The van der Waals surface area contributed by atoms with Gasteiger partial charge < -0.3 is 10.6 Å². The van der Waals surface area contributed by atoms with Crippen molar-refractivity contribution in [3.8, 4) is 0 Å². The highest BCUT2D eigenvalue weighted by Gasteiger charge is 2.28. The lowest BCUT2D eigenvalue weighted by molar-refractivity contribution is 0.219. The van der Waals surface area contributed by atoms with Crippen molar-refractivity contribution in [3.05, 3.63) is 35.9 Å². The largest absolute Gasteiger partial charge is 0.321 e. The molecular weight excluding hydrogens is 208 g/mol. The average molecular weight is 232 g/mol. The zero-order valence-electron chi connectivity index (χ0n) is 11.0. The van der Waals surface area contributed by atoms with E-state index < -0.39 is 0 Å². The molecule has 94 valence electrons. The highest BCUT2D eigenvalue weighted by atomic mass is 15.1. The van der Waals surface area contributed by atoms with Gasteiger partial charge in [0.25, 0.3) is 0 Å². The molecule has 0 saturated heterocycles. The van der Waals surface area contributed by atoms with Gasteiger partial charge in [0.05, 0.1) is 5.54 Å². The van der Waals surface area contributed by atoms with Crippen molar-refractivity contribution in [1.29, 1.82) is 0 Å². The van der Waals surface area contributed by atoms with E-state index in [0.717, 1.165) is 19.0 Å². The second kappa shape index (κ2) is 5.19. The Morgan fingerprint density at radius 2 is 1.94 bits per heavy atom. The Morgan fingerprint density at radius 1 is 1.29 bits per heavy atom. The molecule has 17 heavy (non-hydrogen) atoms. The Balaban J connectivity index is 1.99. The molecule has 1 aliphatic carbocycles. The van der Waals surface area contributed by atoms with Gasteiger partial charge in [-0.05, 0) is 37.8 Å². The molecule has 0 spiro atoms. The fourth-order valence-corrected chi connectivity index (χ4v) is 2.35. The van der Waals surface area contributed by atoms with Crippen LogP contribution in [0.25, 0.3) is 0 Å². The van der Waals surface area contributed by atoms with E-state index in [1.807, 2.05) is 6.07 Å². The van der Waals surface area contributed by atoms with Gasteiger partial charge in [-0.3, -0.25) is 0 Å². The molecular formula is C15H24N2. The Labute approximate surface area is 105 Å². The van der Waals surface area contributed by atoms with Crippen LogP contribution in [0.2, 0.25) is 0 Å². The minimum atomic E-state index is -0.244. The molecule has 1 unspecified atom stereocenters. The maximum Gasteiger partial charge on any atom is 0.0509 e. The Kier molecular flexibility index (Phi) is 3.85. The van der Waals surface area contributed by atoms with Crippen LogP contribution in [0.1, 0.15) is 32.3 Å². The van der Waals surface area contributed by atoms with Crippen molar-refractivity contribution in [3.63, 3.8) is 0 Å². The van der Waals surface area contributed by atoms with Gasteiger partial charge in [0.15, 0.2) is 0 Å². The second-order valence-electron chi connectivity index (χ2n) is 5.55. The predicted octanol–water partition coefficient (Wildman–Crippen LogP) is 2.59. The summed E-state index contributed by atoms with van der Waals surface area (Å²) in [5.74, 6) is 0.932. The molecule has 1 aliphatic rings. The number of likely N-dealkylation sites (N-methyl/N-ethyl adjacent to an activating group) is 1. The second-order valence-corrected chi connectivity index (χ2v) is 5.55. The lowest BCUT2D eigenvalue weighted by Crippen LogP contribution is -2.46. The molecule has 1 aromatic carbocycles. The first-order valence-electron chi connectivity index (χ1n) is 6.68. The maximum absolute atomic E-state index is 6.47. The summed E-state index contributed by atoms with van der Waals surface area (Å²) >= 11 is 0. The zero-order chi connectivity index (χ0) is 12.3. The topological polar surface area (TPSA) is 29.3 Å². The van der Waals surface area contributed by atoms with E-state index in [4.69, 9.17) is 5.73 Å². The predicted molar refractivity (Wildman–Crippen MR) is 72.8 cm³/mol. The van der Waals surface area contributed by atoms with Crippen LogP contribution >= 0.6 is 0 Å². The highest BCUT2D eigenvalue weighted by molar-refractivity contribution is 5.23. The van der Waals surface area contributed by atoms with Crippen LogP contribution in [0.4, 0.5) is 0 Å². The van der Waals surface area contributed by atoms with Gasteiger partial charge in [0.2, 0.25) is 0 Å². The summed E-state index contributed by atoms with van der Waals surface area (Å²) in [6.07, 6.45) is 2.81. The number of nitrogens with zero attached hydrogens (tertiary/aromatic N) is 1. The summed E-state index contributed by atoms with van der Waals surface area (Å²) in [7, 11) is 0. The Morgan fingerprint density at radius 3 is 2.47 bits per heavy atom. The smallest absolute Gasteiger partial charge is 0.0509 e. The third-order valence-electron chi connectivity index (χ3n) is 3.65. The van der Waals surface area contributed by atoms with Crippen LogP contribution in [-0.2, 0) is 5.54 Å². The molecule has 0 heterocycles. The molecule has 0 radical (unpaired) electrons. The first-order chi connectivity index (χ1) is 8.12. The number of benzene rings is 1. The highest BCUT2D eigenvalue weighted by Crippen LogP contribution is 2.30. The Bertz CT molecular complexity index is 341. The molecule has 1 atom stereocenters. The fraction of sp³-hybridized carbons (Fsp3) is 0.600. The van der Waals surface area contributed by atoms with E-state index in [9.17, 15) is 0 Å². The SMILES string of the molecule is CCN(CC1CC1)CC(C)(N)c1ccccc1. The van der Waals surface area contributed by atoms with Gasteiger partial charge in [0.1, 0.15) is 0 Å². The quantitative estimate of drug-likeness (QED) is 0.817. The first-order valence-corrected chi connectivity index (χ1v) is 6.68. The lowest BCUT2D eigenvalue weighted by Gasteiger charge is -2.32. The van der Waals surface area contributed by atoms with Crippen LogP contribution in [0.5, 0.6) is 0 Å². The van der Waals surface area contributed by atoms with Crippen molar-refractivity contribution in [2.75, 3.05) is 19.6 Å². The molecule has 0 bridgehead atoms. The van der Waals surface area contributed by atoms with Gasteiger partial charge in [-0.15, -0.1) is 0 Å². The lowest BCUT2D eigenvalue weighted by atomic mass is 9.92. The van der Waals surface area contributed by atoms with Crippen LogP contribution in [0.3, 0.4) is 0 Å². The first kappa shape index (κ1) is 12.6. The number of hydrogen-bond donors (Lipinski definition) is 1. The van der Waals surface area contributed by atoms with E-state index in [1.165, 1.54) is 24.9 Å². The molecule has 0 amide bonds. The number of rotatable bonds is 6. The van der Waals surface area contributed by atoms with Gasteiger partial charge >= 0.3 is 0 Å². The third-order valence-corrected chi connectivity index (χ3v) is 3.65. The molecule has 2 N–H and O–H groups in total. The van der Waals surface area contributed by atoms with Gasteiger partial charge in [-0.1, -0.05) is 37.3 Å². The van der Waals surface area contributed by atoms with Gasteiger partial charge in [0, 0.05) is 13.1 Å². The molecule has 1 aromatic rings. The average Bonchev–Trinajstić information content (AvgIpc) is 3.13. The molecule has 1 saturated carbocycles. The van der Waals surface area contributed by atoms with Gasteiger partial charge in [-0.2, -0.15) is 0 Å². The Hall–Kier alpha value is -0.860. The van der Waals surface area contributed by atoms with E-state index >= 15 is 0 Å². The molecule has 0 aliphatic heterocycles. The molecule has 2 heteroatoms. The summed E-state index contributed by atoms with van der Waals surface area (Å²) in [4.78, 5) is 2.49. The normalized spacial score (nSPS) is 19.3. The van der Waals surface area contributed by atoms with E-state index in [0.29, 0.717) is 0 Å². The maximum atomic E-state index is 6.47. The van der Waals surface area contributed by atoms with Crippen LogP contribution in [0.15, 0.2) is 30.3 Å². The van der Waals surface area contributed by atoms with Crippen molar-refractivity contribution in [2.45, 2.75) is 32.2 Å². The van der Waals surface area contributed by atoms with Crippen molar-refractivity contribution >= 4 is 0 Å². The molecule has 2 rings (SSSR count). The van der Waals surface area contributed by atoms with Gasteiger partial charge in [-0.25, -0.2) is 0 Å². The van der Waals surface area contributed by atoms with Crippen molar-refractivity contribution in [1.82, 2.24) is 4.90 Å².